The molecule has 3 atom stereocenters. The second-order valence-corrected chi connectivity index (χ2v) is 3.74. The molecule has 3 heteroatoms. The Balaban J connectivity index is 1.88. The molecule has 0 saturated heterocycles. The molecule has 2 nitrogen and oxygen atoms in total. The number of carbonyl (C=O) groups is 1. The molecule has 2 aliphatic rings. The van der Waals surface area contributed by atoms with Gasteiger partial charge in [0.25, 0.3) is 0 Å². The Hall–Kier alpha value is -0.860. The van der Waals surface area contributed by atoms with E-state index in [2.05, 4.69) is 12.2 Å². The van der Waals surface area contributed by atoms with Crippen LogP contribution in [-0.4, -0.2) is 19.3 Å². The number of fused-ring (bicyclic) bond motifs is 2. The summed E-state index contributed by atoms with van der Waals surface area (Å²) in [7, 11) is 0. The van der Waals surface area contributed by atoms with Gasteiger partial charge in [0.1, 0.15) is 13.3 Å². The summed E-state index contributed by atoms with van der Waals surface area (Å²) in [6.07, 6.45) is 6.24. The van der Waals surface area contributed by atoms with Crippen LogP contribution in [-0.2, 0) is 9.53 Å². The van der Waals surface area contributed by atoms with E-state index in [4.69, 9.17) is 4.74 Å². The van der Waals surface area contributed by atoms with Crippen LogP contribution in [0.25, 0.3) is 0 Å². The molecule has 2 aliphatic carbocycles. The number of carbonyl (C=O) groups excluding carboxylic acids is 1. The van der Waals surface area contributed by atoms with Gasteiger partial charge < -0.3 is 4.74 Å². The molecule has 1 saturated carbocycles. The third-order valence-electron chi connectivity index (χ3n) is 2.90. The first-order valence-corrected chi connectivity index (χ1v) is 4.72. The van der Waals surface area contributed by atoms with E-state index in [1.54, 1.807) is 0 Å². The molecule has 2 rings (SSSR count). The minimum absolute atomic E-state index is 0.00144. The van der Waals surface area contributed by atoms with E-state index in [1.165, 1.54) is 0 Å². The zero-order valence-corrected chi connectivity index (χ0v) is 7.41. The molecule has 1 fully saturated rings. The molecule has 3 unspecified atom stereocenters. The van der Waals surface area contributed by atoms with Crippen molar-refractivity contribution < 1.29 is 13.9 Å². The highest BCUT2D eigenvalue weighted by atomic mass is 19.1. The van der Waals surface area contributed by atoms with E-state index < -0.39 is 6.67 Å². The van der Waals surface area contributed by atoms with Gasteiger partial charge in [-0.05, 0) is 24.7 Å². The monoisotopic (exact) mass is 184 g/mol. The maximum Gasteiger partial charge on any atom is 0.309 e. The number of alkyl halides is 1. The Morgan fingerprint density at radius 3 is 2.85 bits per heavy atom. The number of halogens is 1. The Morgan fingerprint density at radius 2 is 2.31 bits per heavy atom. The average Bonchev–Trinajstić information content (AvgIpc) is 2.74. The first-order chi connectivity index (χ1) is 6.31. The van der Waals surface area contributed by atoms with Gasteiger partial charge in [-0.2, -0.15) is 0 Å². The number of esters is 1. The lowest BCUT2D eigenvalue weighted by molar-refractivity contribution is -0.149. The van der Waals surface area contributed by atoms with Crippen LogP contribution in [0.15, 0.2) is 12.2 Å². The predicted molar refractivity (Wildman–Crippen MR) is 45.8 cm³/mol. The van der Waals surface area contributed by atoms with Crippen LogP contribution in [0.1, 0.15) is 12.8 Å². The zero-order chi connectivity index (χ0) is 9.26. The third-order valence-corrected chi connectivity index (χ3v) is 2.90. The number of allylic oxidation sites excluding steroid dienone is 2. The maximum absolute atomic E-state index is 11.7. The van der Waals surface area contributed by atoms with E-state index >= 15 is 0 Å². The van der Waals surface area contributed by atoms with Crippen molar-refractivity contribution in [2.45, 2.75) is 12.8 Å². The highest BCUT2D eigenvalue weighted by molar-refractivity contribution is 5.74. The van der Waals surface area contributed by atoms with E-state index in [-0.39, 0.29) is 18.5 Å². The zero-order valence-electron chi connectivity index (χ0n) is 7.41. The van der Waals surface area contributed by atoms with E-state index in [0.29, 0.717) is 11.8 Å². The molecule has 0 aromatic carbocycles. The molecule has 0 aromatic heterocycles. The van der Waals surface area contributed by atoms with Crippen LogP contribution in [0.2, 0.25) is 0 Å². The molecular formula is C10H13FO2. The molecule has 0 radical (unpaired) electrons. The SMILES string of the molecule is O=C(OCCF)C1CC2C=CC1C2. The van der Waals surface area contributed by atoms with Crippen molar-refractivity contribution in [3.63, 3.8) is 0 Å². The summed E-state index contributed by atoms with van der Waals surface area (Å²) in [4.78, 5) is 11.4. The van der Waals surface area contributed by atoms with Crippen molar-refractivity contribution in [2.24, 2.45) is 17.8 Å². The Kier molecular flexibility index (Phi) is 2.34. The second kappa shape index (κ2) is 3.48. The van der Waals surface area contributed by atoms with Crippen LogP contribution in [0.4, 0.5) is 4.39 Å². The van der Waals surface area contributed by atoms with Crippen LogP contribution in [0, 0.1) is 17.8 Å². The van der Waals surface area contributed by atoms with Crippen LogP contribution < -0.4 is 0 Å². The molecule has 0 aromatic rings. The summed E-state index contributed by atoms with van der Waals surface area (Å²) in [5.74, 6) is 0.709. The van der Waals surface area contributed by atoms with Gasteiger partial charge in [0.2, 0.25) is 0 Å². The summed E-state index contributed by atoms with van der Waals surface area (Å²) in [6, 6.07) is 0. The topological polar surface area (TPSA) is 26.3 Å². The van der Waals surface area contributed by atoms with Gasteiger partial charge in [0.05, 0.1) is 5.92 Å². The second-order valence-electron chi connectivity index (χ2n) is 3.74. The molecule has 2 bridgehead atoms. The van der Waals surface area contributed by atoms with Gasteiger partial charge in [-0.1, -0.05) is 12.2 Å². The van der Waals surface area contributed by atoms with Gasteiger partial charge in [-0.3, -0.25) is 4.79 Å². The maximum atomic E-state index is 11.7. The van der Waals surface area contributed by atoms with Crippen LogP contribution in [0.5, 0.6) is 0 Å². The number of hydrogen-bond donors (Lipinski definition) is 0. The smallest absolute Gasteiger partial charge is 0.309 e. The van der Waals surface area contributed by atoms with Crippen molar-refractivity contribution in [3.8, 4) is 0 Å². The quantitative estimate of drug-likeness (QED) is 0.493. The van der Waals surface area contributed by atoms with Gasteiger partial charge in [-0.15, -0.1) is 0 Å². The highest BCUT2D eigenvalue weighted by Crippen LogP contribution is 2.43. The Bertz CT molecular complexity index is 237. The van der Waals surface area contributed by atoms with Crippen molar-refractivity contribution in [3.05, 3.63) is 12.2 Å². The largest absolute Gasteiger partial charge is 0.463 e. The normalized spacial score (nSPS) is 35.3. The molecule has 0 aliphatic heterocycles. The third kappa shape index (κ3) is 1.60. The summed E-state index contributed by atoms with van der Waals surface area (Å²) in [5.41, 5.74) is 0. The lowest BCUT2D eigenvalue weighted by Crippen LogP contribution is -2.22. The number of hydrogen-bond acceptors (Lipinski definition) is 2. The van der Waals surface area contributed by atoms with Crippen molar-refractivity contribution in [1.29, 1.82) is 0 Å². The summed E-state index contributed by atoms with van der Waals surface area (Å²) in [6.45, 7) is -0.668. The van der Waals surface area contributed by atoms with Gasteiger partial charge >= 0.3 is 5.97 Å². The van der Waals surface area contributed by atoms with Crippen molar-refractivity contribution in [1.82, 2.24) is 0 Å². The Morgan fingerprint density at radius 1 is 1.46 bits per heavy atom. The van der Waals surface area contributed by atoms with E-state index in [0.717, 1.165) is 12.8 Å². The highest BCUT2D eigenvalue weighted by Gasteiger charge is 2.40. The average molecular weight is 184 g/mol. The first-order valence-electron chi connectivity index (χ1n) is 4.72. The number of rotatable bonds is 3. The lowest BCUT2D eigenvalue weighted by Gasteiger charge is -2.15. The fraction of sp³-hybridized carbons (Fsp3) is 0.700. The fourth-order valence-electron chi connectivity index (χ4n) is 2.30. The molecule has 13 heavy (non-hydrogen) atoms. The standard InChI is InChI=1S/C10H13FO2/c11-3-4-13-10(12)9-6-7-1-2-8(9)5-7/h1-2,7-9H,3-6H2. The molecule has 72 valence electrons. The van der Waals surface area contributed by atoms with E-state index in [1.807, 2.05) is 0 Å². The molecular weight excluding hydrogens is 171 g/mol. The summed E-state index contributed by atoms with van der Waals surface area (Å²) >= 11 is 0. The van der Waals surface area contributed by atoms with Gasteiger partial charge in [0, 0.05) is 0 Å². The van der Waals surface area contributed by atoms with Gasteiger partial charge in [-0.25, -0.2) is 4.39 Å². The van der Waals surface area contributed by atoms with E-state index in [9.17, 15) is 9.18 Å². The van der Waals surface area contributed by atoms with Gasteiger partial charge in [0.15, 0.2) is 0 Å². The molecule has 0 amide bonds. The number of ether oxygens (including phenoxy) is 1. The van der Waals surface area contributed by atoms with Crippen LogP contribution >= 0.6 is 0 Å². The van der Waals surface area contributed by atoms with Crippen LogP contribution in [0.3, 0.4) is 0 Å². The minimum Gasteiger partial charge on any atom is -0.463 e. The Labute approximate surface area is 76.8 Å². The van der Waals surface area contributed by atoms with Crippen molar-refractivity contribution in [2.75, 3.05) is 13.3 Å². The lowest BCUT2D eigenvalue weighted by atomic mass is 9.94. The van der Waals surface area contributed by atoms with Crippen molar-refractivity contribution >= 4 is 5.97 Å². The predicted octanol–water partition coefficient (Wildman–Crippen LogP) is 1.71. The molecule has 0 N–H and O–H groups in total. The molecule has 0 heterocycles. The summed E-state index contributed by atoms with van der Waals surface area (Å²) in [5, 5.41) is 0. The fourth-order valence-corrected chi connectivity index (χ4v) is 2.30. The minimum atomic E-state index is -0.581. The summed E-state index contributed by atoms with van der Waals surface area (Å²) < 4.78 is 16.5. The first kappa shape index (κ1) is 8.73. The molecule has 0 spiro atoms.